The summed E-state index contributed by atoms with van der Waals surface area (Å²) in [6.07, 6.45) is 7.26. The largest absolute Gasteiger partial charge is 0.475 e. The van der Waals surface area contributed by atoms with Crippen molar-refractivity contribution in [2.24, 2.45) is 5.92 Å². The zero-order valence-electron chi connectivity index (χ0n) is 17.4. The van der Waals surface area contributed by atoms with E-state index in [1.807, 2.05) is 13.8 Å². The molecule has 0 unspecified atom stereocenters. The van der Waals surface area contributed by atoms with Crippen LogP contribution in [0.2, 0.25) is 0 Å². The van der Waals surface area contributed by atoms with Gasteiger partial charge >= 0.3 is 7.12 Å². The number of unbranched alkanes of at least 4 members (excludes halogenated alkanes) is 6. The molecule has 0 aliphatic rings. The van der Waals surface area contributed by atoms with E-state index in [0.29, 0.717) is 12.8 Å². The Kier molecular flexibility index (Phi) is 14.3. The lowest BCUT2D eigenvalue weighted by atomic mass is 9.75. The standard InChI is InChI=1S/C19H39BN2O5/c1-5-6-7-8-9-10-11-12-17(24)22-18(15(4)23)19(25)21-16(20(26)27)13-14(2)3/h14-16,18,23,26-27H,5-13H2,1-4H3,(H,21,25)(H,22,24)/t15-,16+,18+/m1/s1. The van der Waals surface area contributed by atoms with E-state index in [9.17, 15) is 24.7 Å². The maximum atomic E-state index is 12.4. The average Bonchev–Trinajstić information content (AvgIpc) is 2.57. The molecule has 0 aromatic heterocycles. The molecule has 0 bridgehead atoms. The highest BCUT2D eigenvalue weighted by Crippen LogP contribution is 2.09. The van der Waals surface area contributed by atoms with Gasteiger partial charge in [-0.15, -0.1) is 0 Å². The number of hydrogen-bond acceptors (Lipinski definition) is 5. The van der Waals surface area contributed by atoms with Gasteiger partial charge in [-0.05, 0) is 25.7 Å². The molecule has 0 aliphatic heterocycles. The molecule has 0 radical (unpaired) electrons. The molecule has 8 heteroatoms. The number of aliphatic hydroxyl groups is 1. The first-order valence-electron chi connectivity index (χ1n) is 10.3. The van der Waals surface area contributed by atoms with Gasteiger partial charge in [0, 0.05) is 6.42 Å². The van der Waals surface area contributed by atoms with Gasteiger partial charge in [-0.25, -0.2) is 0 Å². The van der Waals surface area contributed by atoms with Gasteiger partial charge in [0.25, 0.3) is 0 Å². The summed E-state index contributed by atoms with van der Waals surface area (Å²) in [5, 5.41) is 33.8. The van der Waals surface area contributed by atoms with Crippen LogP contribution in [-0.4, -0.2) is 52.2 Å². The predicted molar refractivity (Wildman–Crippen MR) is 108 cm³/mol. The third-order valence-corrected chi connectivity index (χ3v) is 4.50. The van der Waals surface area contributed by atoms with Gasteiger partial charge in [-0.1, -0.05) is 59.3 Å². The number of hydrogen-bond donors (Lipinski definition) is 5. The number of aliphatic hydroxyl groups excluding tert-OH is 1. The Morgan fingerprint density at radius 1 is 0.926 bits per heavy atom. The highest BCUT2D eigenvalue weighted by molar-refractivity contribution is 6.43. The molecule has 0 saturated carbocycles. The Bertz CT molecular complexity index is 419. The topological polar surface area (TPSA) is 119 Å². The SMILES string of the molecule is CCCCCCCCCC(=O)N[C@H](C(=O)N[C@@H](CC(C)C)B(O)O)[C@@H](C)O. The Morgan fingerprint density at radius 2 is 1.48 bits per heavy atom. The summed E-state index contributed by atoms with van der Waals surface area (Å²) in [6, 6.07) is -1.12. The van der Waals surface area contributed by atoms with Gasteiger partial charge in [-0.2, -0.15) is 0 Å². The first-order valence-corrected chi connectivity index (χ1v) is 10.3. The molecule has 5 N–H and O–H groups in total. The van der Waals surface area contributed by atoms with E-state index in [4.69, 9.17) is 0 Å². The summed E-state index contributed by atoms with van der Waals surface area (Å²) < 4.78 is 0. The van der Waals surface area contributed by atoms with Gasteiger partial charge < -0.3 is 25.8 Å². The van der Waals surface area contributed by atoms with E-state index in [0.717, 1.165) is 19.3 Å². The molecule has 0 fully saturated rings. The molecular weight excluding hydrogens is 347 g/mol. The van der Waals surface area contributed by atoms with E-state index >= 15 is 0 Å². The van der Waals surface area contributed by atoms with Crippen molar-refractivity contribution in [3.05, 3.63) is 0 Å². The molecule has 158 valence electrons. The van der Waals surface area contributed by atoms with Crippen LogP contribution in [-0.2, 0) is 9.59 Å². The maximum Gasteiger partial charge on any atom is 0.475 e. The molecule has 0 spiro atoms. The lowest BCUT2D eigenvalue weighted by Crippen LogP contribution is -2.57. The van der Waals surface area contributed by atoms with Gasteiger partial charge in [-0.3, -0.25) is 9.59 Å². The molecule has 7 nitrogen and oxygen atoms in total. The van der Waals surface area contributed by atoms with Crippen molar-refractivity contribution < 1.29 is 24.7 Å². The van der Waals surface area contributed by atoms with Gasteiger partial charge in [0.15, 0.2) is 0 Å². The quantitative estimate of drug-likeness (QED) is 0.216. The fourth-order valence-electron chi connectivity index (χ4n) is 2.93. The second kappa shape index (κ2) is 14.9. The van der Waals surface area contributed by atoms with Crippen LogP contribution < -0.4 is 10.6 Å². The van der Waals surface area contributed by atoms with Crippen molar-refractivity contribution in [2.75, 3.05) is 0 Å². The molecular formula is C19H39BN2O5. The zero-order chi connectivity index (χ0) is 20.8. The number of nitrogens with one attached hydrogen (secondary N) is 2. The summed E-state index contributed by atoms with van der Waals surface area (Å²) in [4.78, 5) is 24.5. The van der Waals surface area contributed by atoms with E-state index in [1.54, 1.807) is 0 Å². The number of carbonyl (C=O) groups is 2. The molecule has 0 aliphatic carbocycles. The van der Waals surface area contributed by atoms with Crippen LogP contribution in [0.5, 0.6) is 0 Å². The summed E-state index contributed by atoms with van der Waals surface area (Å²) in [6.45, 7) is 7.39. The first-order chi connectivity index (χ1) is 12.7. The smallest absolute Gasteiger partial charge is 0.426 e. The summed E-state index contributed by atoms with van der Waals surface area (Å²) in [5.74, 6) is -1.60. The van der Waals surface area contributed by atoms with Crippen LogP contribution in [0.15, 0.2) is 0 Å². The van der Waals surface area contributed by atoms with E-state index < -0.39 is 31.1 Å². The molecule has 0 saturated heterocycles. The number of rotatable bonds is 15. The van der Waals surface area contributed by atoms with Crippen LogP contribution >= 0.6 is 0 Å². The van der Waals surface area contributed by atoms with Crippen LogP contribution in [0, 0.1) is 5.92 Å². The predicted octanol–water partition coefficient (Wildman–Crippen LogP) is 1.54. The minimum atomic E-state index is -1.70. The van der Waals surface area contributed by atoms with Crippen molar-refractivity contribution >= 4 is 18.9 Å². The monoisotopic (exact) mass is 386 g/mol. The van der Waals surface area contributed by atoms with Crippen molar-refractivity contribution in [1.82, 2.24) is 10.6 Å². The first kappa shape index (κ1) is 25.9. The van der Waals surface area contributed by atoms with E-state index in [1.165, 1.54) is 32.6 Å². The summed E-state index contributed by atoms with van der Waals surface area (Å²) in [7, 11) is -1.70. The van der Waals surface area contributed by atoms with Crippen LogP contribution in [0.1, 0.15) is 85.5 Å². The zero-order valence-corrected chi connectivity index (χ0v) is 17.4. The number of carbonyl (C=O) groups excluding carboxylic acids is 2. The minimum Gasteiger partial charge on any atom is -0.426 e. The highest BCUT2D eigenvalue weighted by Gasteiger charge is 2.31. The van der Waals surface area contributed by atoms with Crippen LogP contribution in [0.25, 0.3) is 0 Å². The molecule has 0 aromatic carbocycles. The molecule has 27 heavy (non-hydrogen) atoms. The Hall–Kier alpha value is -1.12. The van der Waals surface area contributed by atoms with E-state index in [2.05, 4.69) is 17.6 Å². The number of amides is 2. The van der Waals surface area contributed by atoms with Crippen molar-refractivity contribution in [1.29, 1.82) is 0 Å². The van der Waals surface area contributed by atoms with Crippen LogP contribution in [0.4, 0.5) is 0 Å². The molecule has 0 rings (SSSR count). The molecule has 0 aromatic rings. The minimum absolute atomic E-state index is 0.147. The van der Waals surface area contributed by atoms with Crippen molar-refractivity contribution in [3.8, 4) is 0 Å². The fraction of sp³-hybridized carbons (Fsp3) is 0.895. The van der Waals surface area contributed by atoms with E-state index in [-0.39, 0.29) is 11.8 Å². The molecule has 0 heterocycles. The molecule has 3 atom stereocenters. The second-order valence-corrected chi connectivity index (χ2v) is 7.82. The van der Waals surface area contributed by atoms with Gasteiger partial charge in [0.1, 0.15) is 6.04 Å². The Labute approximate surface area is 164 Å². The van der Waals surface area contributed by atoms with Crippen molar-refractivity contribution in [3.63, 3.8) is 0 Å². The molecule has 2 amide bonds. The summed E-state index contributed by atoms with van der Waals surface area (Å²) in [5.41, 5.74) is 0. The van der Waals surface area contributed by atoms with Gasteiger partial charge in [0.2, 0.25) is 11.8 Å². The Balaban J connectivity index is 4.40. The highest BCUT2D eigenvalue weighted by atomic mass is 16.4. The normalized spacial score (nSPS) is 14.5. The second-order valence-electron chi connectivity index (χ2n) is 7.82. The third-order valence-electron chi connectivity index (χ3n) is 4.50. The summed E-state index contributed by atoms with van der Waals surface area (Å²) >= 11 is 0. The van der Waals surface area contributed by atoms with Gasteiger partial charge in [0.05, 0.1) is 12.0 Å². The van der Waals surface area contributed by atoms with Crippen molar-refractivity contribution in [2.45, 2.75) is 104 Å². The fourth-order valence-corrected chi connectivity index (χ4v) is 2.93. The average molecular weight is 386 g/mol. The third kappa shape index (κ3) is 12.8. The maximum absolute atomic E-state index is 12.4. The Morgan fingerprint density at radius 3 is 1.96 bits per heavy atom. The lowest BCUT2D eigenvalue weighted by Gasteiger charge is -2.25. The van der Waals surface area contributed by atoms with Crippen LogP contribution in [0.3, 0.4) is 0 Å². The lowest BCUT2D eigenvalue weighted by molar-refractivity contribution is -0.131.